The van der Waals surface area contributed by atoms with E-state index < -0.39 is 5.97 Å². The van der Waals surface area contributed by atoms with Gasteiger partial charge in [-0.25, -0.2) is 9.78 Å². The van der Waals surface area contributed by atoms with Crippen LogP contribution in [0.1, 0.15) is 35.2 Å². The van der Waals surface area contributed by atoms with Crippen molar-refractivity contribution in [3.63, 3.8) is 0 Å². The van der Waals surface area contributed by atoms with Crippen molar-refractivity contribution in [1.82, 2.24) is 30.2 Å². The number of nitrogens with one attached hydrogen (secondary N) is 1. The van der Waals surface area contributed by atoms with Gasteiger partial charge in [-0.2, -0.15) is 5.21 Å². The summed E-state index contributed by atoms with van der Waals surface area (Å²) in [5.74, 6) is 0.333. The maximum Gasteiger partial charge on any atom is 0.356 e. The van der Waals surface area contributed by atoms with Crippen LogP contribution >= 0.6 is 0 Å². The molecule has 0 aliphatic rings. The van der Waals surface area contributed by atoms with Crippen molar-refractivity contribution < 1.29 is 9.90 Å². The van der Waals surface area contributed by atoms with Gasteiger partial charge in [-0.1, -0.05) is 55.5 Å². The number of imidazole rings is 1. The first kappa shape index (κ1) is 18.5. The fourth-order valence-corrected chi connectivity index (χ4v) is 3.31. The average molecular weight is 388 g/mol. The molecule has 8 nitrogen and oxygen atoms in total. The van der Waals surface area contributed by atoms with Crippen LogP contribution in [-0.2, 0) is 13.0 Å². The Bertz CT molecular complexity index is 1120. The highest BCUT2D eigenvalue weighted by Gasteiger charge is 2.14. The van der Waals surface area contributed by atoms with Crippen LogP contribution in [0.4, 0.5) is 0 Å². The highest BCUT2D eigenvalue weighted by molar-refractivity contribution is 5.85. The highest BCUT2D eigenvalue weighted by atomic mass is 16.4. The molecule has 8 heteroatoms. The Hall–Kier alpha value is -3.81. The normalized spacial score (nSPS) is 10.9. The Morgan fingerprint density at radius 1 is 1.10 bits per heavy atom. The molecule has 0 spiro atoms. The first-order chi connectivity index (χ1) is 14.2. The quantitative estimate of drug-likeness (QED) is 0.502. The number of carbonyl (C=O) groups is 1. The summed E-state index contributed by atoms with van der Waals surface area (Å²) in [7, 11) is 0. The third kappa shape index (κ3) is 3.91. The van der Waals surface area contributed by atoms with E-state index in [9.17, 15) is 9.90 Å². The maximum atomic E-state index is 11.3. The van der Waals surface area contributed by atoms with Gasteiger partial charge < -0.3 is 9.67 Å². The van der Waals surface area contributed by atoms with Gasteiger partial charge in [0, 0.05) is 24.7 Å². The third-order valence-electron chi connectivity index (χ3n) is 4.68. The number of benzene rings is 2. The van der Waals surface area contributed by atoms with Crippen LogP contribution in [0.2, 0.25) is 0 Å². The summed E-state index contributed by atoms with van der Waals surface area (Å²) in [4.78, 5) is 15.5. The molecule has 2 heterocycles. The molecule has 0 saturated heterocycles. The van der Waals surface area contributed by atoms with E-state index in [2.05, 4.69) is 32.5 Å². The number of rotatable bonds is 7. The van der Waals surface area contributed by atoms with Crippen molar-refractivity contribution in [2.75, 3.05) is 0 Å². The van der Waals surface area contributed by atoms with E-state index >= 15 is 0 Å². The molecule has 0 amide bonds. The second-order valence-electron chi connectivity index (χ2n) is 6.70. The molecule has 0 aliphatic heterocycles. The number of H-pyrrole nitrogens is 1. The molecule has 0 saturated carbocycles. The highest BCUT2D eigenvalue weighted by Crippen LogP contribution is 2.29. The summed E-state index contributed by atoms with van der Waals surface area (Å²) in [6.07, 6.45) is 3.25. The lowest BCUT2D eigenvalue weighted by atomic mass is 9.98. The first-order valence-corrected chi connectivity index (χ1v) is 9.37. The molecular weight excluding hydrogens is 368 g/mol. The molecular formula is C21H20N6O2. The molecule has 4 rings (SSSR count). The number of hydrogen-bond acceptors (Lipinski definition) is 5. The Morgan fingerprint density at radius 3 is 2.52 bits per heavy atom. The van der Waals surface area contributed by atoms with Crippen LogP contribution in [-0.4, -0.2) is 41.3 Å². The lowest BCUT2D eigenvalue weighted by molar-refractivity contribution is 0.0691. The molecule has 2 N–H and O–H groups in total. The van der Waals surface area contributed by atoms with Crippen molar-refractivity contribution in [2.24, 2.45) is 0 Å². The average Bonchev–Trinajstić information content (AvgIpc) is 3.40. The van der Waals surface area contributed by atoms with Crippen molar-refractivity contribution in [3.8, 4) is 22.5 Å². The monoisotopic (exact) mass is 388 g/mol. The van der Waals surface area contributed by atoms with Gasteiger partial charge in [0.15, 0.2) is 5.69 Å². The molecule has 0 bridgehead atoms. The summed E-state index contributed by atoms with van der Waals surface area (Å²) in [5.41, 5.74) is 4.11. The molecule has 0 aliphatic carbocycles. The zero-order valence-corrected chi connectivity index (χ0v) is 15.9. The summed E-state index contributed by atoms with van der Waals surface area (Å²) in [5, 5.41) is 23.5. The van der Waals surface area contributed by atoms with Crippen LogP contribution in [0.3, 0.4) is 0 Å². The minimum absolute atomic E-state index is 0.0825. The lowest BCUT2D eigenvalue weighted by Gasteiger charge is -2.10. The molecule has 0 unspecified atom stereocenters. The van der Waals surface area contributed by atoms with Crippen LogP contribution in [0.5, 0.6) is 0 Å². The summed E-state index contributed by atoms with van der Waals surface area (Å²) >= 11 is 0. The van der Waals surface area contributed by atoms with E-state index in [0.717, 1.165) is 40.9 Å². The van der Waals surface area contributed by atoms with Crippen LogP contribution in [0.15, 0.2) is 54.7 Å². The fraction of sp³-hybridized carbons (Fsp3) is 0.190. The predicted octanol–water partition coefficient (Wildman–Crippen LogP) is 3.43. The predicted molar refractivity (Wildman–Crippen MR) is 107 cm³/mol. The standard InChI is InChI=1S/C21H20N6O2/c1-2-5-19-22-18(21(28)29)13-27(19)12-14-8-10-15(11-9-14)16-6-3-4-7-17(16)20-23-25-26-24-20/h3-4,6-11,13H,2,5,12H2,1H3,(H,28,29)(H,23,24,25,26). The Morgan fingerprint density at radius 2 is 1.86 bits per heavy atom. The number of aromatic amines is 1. The molecule has 146 valence electrons. The zero-order valence-electron chi connectivity index (χ0n) is 15.9. The van der Waals surface area contributed by atoms with Gasteiger partial charge >= 0.3 is 5.97 Å². The van der Waals surface area contributed by atoms with E-state index in [1.54, 1.807) is 6.20 Å². The van der Waals surface area contributed by atoms with Gasteiger partial charge in [0.25, 0.3) is 0 Å². The molecule has 0 fully saturated rings. The minimum Gasteiger partial charge on any atom is -0.476 e. The molecule has 0 atom stereocenters. The van der Waals surface area contributed by atoms with E-state index in [1.807, 2.05) is 53.1 Å². The number of carboxylic acids is 1. The molecule has 4 aromatic rings. The number of hydrogen-bond donors (Lipinski definition) is 2. The smallest absolute Gasteiger partial charge is 0.356 e. The van der Waals surface area contributed by atoms with Gasteiger partial charge in [-0.3, -0.25) is 0 Å². The SMILES string of the molecule is CCCc1nc(C(=O)O)cn1Cc1ccc(-c2ccccc2-c2nn[nH]n2)cc1. The summed E-state index contributed by atoms with van der Waals surface area (Å²) in [6.45, 7) is 2.62. The number of aromatic carboxylic acids is 1. The number of aryl methyl sites for hydroxylation is 1. The van der Waals surface area contributed by atoms with Gasteiger partial charge in [0.1, 0.15) is 5.82 Å². The van der Waals surface area contributed by atoms with E-state index in [-0.39, 0.29) is 5.69 Å². The van der Waals surface area contributed by atoms with Gasteiger partial charge in [0.05, 0.1) is 0 Å². The van der Waals surface area contributed by atoms with Crippen LogP contribution in [0, 0.1) is 0 Å². The number of tetrazole rings is 1. The topological polar surface area (TPSA) is 110 Å². The Balaban J connectivity index is 1.61. The van der Waals surface area contributed by atoms with E-state index in [4.69, 9.17) is 0 Å². The van der Waals surface area contributed by atoms with Crippen LogP contribution in [0.25, 0.3) is 22.5 Å². The molecule has 0 radical (unpaired) electrons. The number of carboxylic acid groups (broad SMARTS) is 1. The summed E-state index contributed by atoms with van der Waals surface area (Å²) < 4.78 is 1.91. The summed E-state index contributed by atoms with van der Waals surface area (Å²) in [6, 6.07) is 16.1. The lowest BCUT2D eigenvalue weighted by Crippen LogP contribution is -2.04. The van der Waals surface area contributed by atoms with E-state index in [1.165, 1.54) is 0 Å². The molecule has 2 aromatic heterocycles. The Labute approximate surface area is 167 Å². The largest absolute Gasteiger partial charge is 0.476 e. The van der Waals surface area contributed by atoms with Crippen molar-refractivity contribution >= 4 is 5.97 Å². The van der Waals surface area contributed by atoms with Gasteiger partial charge in [-0.05, 0) is 28.3 Å². The maximum absolute atomic E-state index is 11.3. The van der Waals surface area contributed by atoms with Gasteiger partial charge in [-0.15, -0.1) is 10.2 Å². The Kier molecular flexibility index (Phi) is 5.15. The van der Waals surface area contributed by atoms with E-state index in [0.29, 0.717) is 12.4 Å². The second-order valence-corrected chi connectivity index (χ2v) is 6.70. The number of aromatic nitrogens is 6. The molecule has 29 heavy (non-hydrogen) atoms. The zero-order chi connectivity index (χ0) is 20.2. The number of nitrogens with zero attached hydrogens (tertiary/aromatic N) is 5. The van der Waals surface area contributed by atoms with Gasteiger partial charge in [0.2, 0.25) is 5.82 Å². The first-order valence-electron chi connectivity index (χ1n) is 9.37. The molecule has 2 aromatic carbocycles. The van der Waals surface area contributed by atoms with Crippen LogP contribution < -0.4 is 0 Å². The van der Waals surface area contributed by atoms with Crippen molar-refractivity contribution in [3.05, 3.63) is 71.8 Å². The fourth-order valence-electron chi connectivity index (χ4n) is 3.31. The minimum atomic E-state index is -1.01. The second kappa shape index (κ2) is 8.05. The van der Waals surface area contributed by atoms with Crippen molar-refractivity contribution in [2.45, 2.75) is 26.3 Å². The third-order valence-corrected chi connectivity index (χ3v) is 4.68. The van der Waals surface area contributed by atoms with Crippen molar-refractivity contribution in [1.29, 1.82) is 0 Å².